The van der Waals surface area contributed by atoms with Crippen molar-refractivity contribution in [3.05, 3.63) is 0 Å². The van der Waals surface area contributed by atoms with Gasteiger partial charge in [0.15, 0.2) is 0 Å². The summed E-state index contributed by atoms with van der Waals surface area (Å²) >= 11 is 0. The van der Waals surface area contributed by atoms with E-state index in [1.165, 1.54) is 45.4 Å². The van der Waals surface area contributed by atoms with Gasteiger partial charge in [-0.3, -0.25) is 4.79 Å². The van der Waals surface area contributed by atoms with Crippen LogP contribution in [-0.4, -0.2) is 30.8 Å². The van der Waals surface area contributed by atoms with E-state index in [4.69, 9.17) is 4.74 Å². The van der Waals surface area contributed by atoms with Crippen LogP contribution in [0.2, 0.25) is 0 Å². The van der Waals surface area contributed by atoms with E-state index < -0.39 is 27.9 Å². The summed E-state index contributed by atoms with van der Waals surface area (Å²) in [7, 11) is -4.34. The SMILES string of the molecule is CCCCCCCCCCCC(=O)OC(C)CS(=O)(=O)[O-]. The molecule has 0 aromatic carbocycles. The van der Waals surface area contributed by atoms with Crippen molar-refractivity contribution in [3.63, 3.8) is 0 Å². The monoisotopic (exact) mass is 321 g/mol. The molecule has 0 heterocycles. The lowest BCUT2D eigenvalue weighted by molar-refractivity contribution is -0.147. The number of unbranched alkanes of at least 4 members (excludes halogenated alkanes) is 8. The fourth-order valence-corrected chi connectivity index (χ4v) is 2.83. The number of rotatable bonds is 13. The van der Waals surface area contributed by atoms with Gasteiger partial charge in [-0.2, -0.15) is 0 Å². The molecule has 0 bridgehead atoms. The Balaban J connectivity index is 3.46. The van der Waals surface area contributed by atoms with E-state index in [1.54, 1.807) is 0 Å². The average Bonchev–Trinajstić information content (AvgIpc) is 2.34. The van der Waals surface area contributed by atoms with Crippen LogP contribution >= 0.6 is 0 Å². The maximum Gasteiger partial charge on any atom is 0.306 e. The highest BCUT2D eigenvalue weighted by molar-refractivity contribution is 7.85. The maximum absolute atomic E-state index is 11.4. The van der Waals surface area contributed by atoms with Crippen molar-refractivity contribution < 1.29 is 22.5 Å². The average molecular weight is 321 g/mol. The first kappa shape index (κ1) is 20.4. The second kappa shape index (κ2) is 12.0. The van der Waals surface area contributed by atoms with E-state index >= 15 is 0 Å². The highest BCUT2D eigenvalue weighted by atomic mass is 32.2. The van der Waals surface area contributed by atoms with Gasteiger partial charge in [0.1, 0.15) is 6.10 Å². The molecular weight excluding hydrogens is 292 g/mol. The molecule has 0 fully saturated rings. The minimum atomic E-state index is -4.34. The Kier molecular flexibility index (Phi) is 11.6. The summed E-state index contributed by atoms with van der Waals surface area (Å²) < 4.78 is 36.4. The molecule has 0 saturated carbocycles. The number of carbonyl (C=O) groups is 1. The van der Waals surface area contributed by atoms with Gasteiger partial charge in [0.05, 0.1) is 15.9 Å². The predicted octanol–water partition coefficient (Wildman–Crippen LogP) is 3.38. The number of ether oxygens (including phenoxy) is 1. The zero-order valence-corrected chi connectivity index (χ0v) is 14.1. The third kappa shape index (κ3) is 15.6. The highest BCUT2D eigenvalue weighted by Gasteiger charge is 2.12. The summed E-state index contributed by atoms with van der Waals surface area (Å²) in [6.07, 6.45) is 9.90. The van der Waals surface area contributed by atoms with Gasteiger partial charge in [-0.1, -0.05) is 58.3 Å². The molecule has 126 valence electrons. The quantitative estimate of drug-likeness (QED) is 0.295. The first-order valence-corrected chi connectivity index (χ1v) is 9.56. The van der Waals surface area contributed by atoms with Crippen molar-refractivity contribution in [2.45, 2.75) is 84.2 Å². The number of carbonyl (C=O) groups excluding carboxylic acids is 1. The second-order valence-electron chi connectivity index (χ2n) is 5.60. The molecule has 0 N–H and O–H groups in total. The minimum absolute atomic E-state index is 0.291. The molecule has 0 radical (unpaired) electrons. The van der Waals surface area contributed by atoms with Crippen LogP contribution in [0.15, 0.2) is 0 Å². The third-order valence-corrected chi connectivity index (χ3v) is 4.13. The van der Waals surface area contributed by atoms with Crippen LogP contribution in [0.3, 0.4) is 0 Å². The molecule has 0 saturated heterocycles. The van der Waals surface area contributed by atoms with E-state index in [2.05, 4.69) is 6.92 Å². The van der Waals surface area contributed by atoms with Gasteiger partial charge in [0.25, 0.3) is 0 Å². The standard InChI is InChI=1S/C15H30O5S/c1-3-4-5-6-7-8-9-10-11-12-15(16)20-14(2)13-21(17,18)19/h14H,3-13H2,1-2H3,(H,17,18,19)/p-1. The van der Waals surface area contributed by atoms with Crippen molar-refractivity contribution in [1.29, 1.82) is 0 Å². The van der Waals surface area contributed by atoms with Crippen LogP contribution in [0.25, 0.3) is 0 Å². The van der Waals surface area contributed by atoms with E-state index in [9.17, 15) is 17.8 Å². The topological polar surface area (TPSA) is 83.5 Å². The van der Waals surface area contributed by atoms with Crippen molar-refractivity contribution in [3.8, 4) is 0 Å². The Bertz CT molecular complexity index is 364. The molecule has 0 aromatic rings. The Morgan fingerprint density at radius 1 is 1.00 bits per heavy atom. The molecule has 0 spiro atoms. The van der Waals surface area contributed by atoms with Gasteiger partial charge in [-0.25, -0.2) is 8.42 Å². The van der Waals surface area contributed by atoms with E-state index in [0.717, 1.165) is 19.3 Å². The Labute approximate surface area is 129 Å². The molecule has 1 atom stereocenters. The molecule has 5 nitrogen and oxygen atoms in total. The van der Waals surface area contributed by atoms with Crippen LogP contribution in [0.5, 0.6) is 0 Å². The normalized spacial score (nSPS) is 13.1. The molecule has 21 heavy (non-hydrogen) atoms. The Hall–Kier alpha value is -0.620. The highest BCUT2D eigenvalue weighted by Crippen LogP contribution is 2.11. The first-order chi connectivity index (χ1) is 9.85. The number of hydrogen-bond donors (Lipinski definition) is 0. The fourth-order valence-electron chi connectivity index (χ4n) is 2.18. The van der Waals surface area contributed by atoms with Crippen molar-refractivity contribution >= 4 is 16.1 Å². The van der Waals surface area contributed by atoms with Crippen LogP contribution in [0, 0.1) is 0 Å². The van der Waals surface area contributed by atoms with Gasteiger partial charge in [-0.15, -0.1) is 0 Å². The lowest BCUT2D eigenvalue weighted by Crippen LogP contribution is -2.23. The largest absolute Gasteiger partial charge is 0.748 e. The Morgan fingerprint density at radius 2 is 1.48 bits per heavy atom. The molecule has 6 heteroatoms. The second-order valence-corrected chi connectivity index (χ2v) is 7.05. The first-order valence-electron chi connectivity index (χ1n) is 7.98. The molecule has 0 aliphatic carbocycles. The summed E-state index contributed by atoms with van der Waals surface area (Å²) in [5.41, 5.74) is 0. The lowest BCUT2D eigenvalue weighted by atomic mass is 10.1. The number of esters is 1. The lowest BCUT2D eigenvalue weighted by Gasteiger charge is -2.15. The third-order valence-electron chi connectivity index (χ3n) is 3.26. The molecule has 0 aromatic heterocycles. The number of hydrogen-bond acceptors (Lipinski definition) is 5. The van der Waals surface area contributed by atoms with Gasteiger partial charge in [-0.05, 0) is 13.3 Å². The molecule has 0 aliphatic heterocycles. The van der Waals surface area contributed by atoms with E-state index in [0.29, 0.717) is 6.42 Å². The van der Waals surface area contributed by atoms with Crippen LogP contribution < -0.4 is 0 Å². The van der Waals surface area contributed by atoms with Crippen LogP contribution in [0.1, 0.15) is 78.1 Å². The van der Waals surface area contributed by atoms with E-state index in [-0.39, 0.29) is 0 Å². The van der Waals surface area contributed by atoms with Crippen LogP contribution in [-0.2, 0) is 19.6 Å². The molecule has 0 aliphatic rings. The zero-order valence-electron chi connectivity index (χ0n) is 13.3. The molecular formula is C15H29O5S-. The smallest absolute Gasteiger partial charge is 0.306 e. The Morgan fingerprint density at radius 3 is 1.95 bits per heavy atom. The molecule has 1 unspecified atom stereocenters. The minimum Gasteiger partial charge on any atom is -0.748 e. The fraction of sp³-hybridized carbons (Fsp3) is 0.933. The zero-order chi connectivity index (χ0) is 16.1. The maximum atomic E-state index is 11.4. The van der Waals surface area contributed by atoms with Crippen molar-refractivity contribution in [1.82, 2.24) is 0 Å². The van der Waals surface area contributed by atoms with Crippen LogP contribution in [0.4, 0.5) is 0 Å². The predicted molar refractivity (Wildman–Crippen MR) is 82.0 cm³/mol. The van der Waals surface area contributed by atoms with Gasteiger partial charge in [0.2, 0.25) is 0 Å². The summed E-state index contributed by atoms with van der Waals surface area (Å²) in [5.74, 6) is -1.08. The van der Waals surface area contributed by atoms with E-state index in [1.807, 2.05) is 0 Å². The van der Waals surface area contributed by atoms with Gasteiger partial charge in [0, 0.05) is 6.42 Å². The molecule has 0 amide bonds. The summed E-state index contributed by atoms with van der Waals surface area (Å²) in [6, 6.07) is 0. The van der Waals surface area contributed by atoms with Gasteiger partial charge < -0.3 is 9.29 Å². The molecule has 0 rings (SSSR count). The van der Waals surface area contributed by atoms with Crippen molar-refractivity contribution in [2.24, 2.45) is 0 Å². The summed E-state index contributed by atoms with van der Waals surface area (Å²) in [5, 5.41) is 0. The summed E-state index contributed by atoms with van der Waals surface area (Å²) in [4.78, 5) is 11.4. The van der Waals surface area contributed by atoms with Gasteiger partial charge >= 0.3 is 5.97 Å². The van der Waals surface area contributed by atoms with Crippen molar-refractivity contribution in [2.75, 3.05) is 5.75 Å². The summed E-state index contributed by atoms with van der Waals surface area (Å²) in [6.45, 7) is 3.62.